The number of hydrogen-bond acceptors (Lipinski definition) is 6. The summed E-state index contributed by atoms with van der Waals surface area (Å²) in [7, 11) is 0. The number of fused-ring (bicyclic) bond motifs is 1. The van der Waals surface area contributed by atoms with Crippen molar-refractivity contribution in [3.63, 3.8) is 0 Å². The summed E-state index contributed by atoms with van der Waals surface area (Å²) < 4.78 is 14.3. The standard InChI is InChI=1S/C27H28ClFN6O2/c1-16-21(29)10-9-20(28)24(16)17(2)35-14-11-30-25-23(35)15-22(32-33-25)26(36)31-19-7-5-18(6-8-19)27(37)34-12-3-4-13-34/h5-10,15,17H,3-4,11-14H2,1-2H3,(H,30,33)(H,31,36). The number of nitrogens with zero attached hydrogens (tertiary/aromatic N) is 4. The van der Waals surface area contributed by atoms with Crippen LogP contribution in [0.4, 0.5) is 21.6 Å². The second kappa shape index (κ2) is 10.3. The van der Waals surface area contributed by atoms with E-state index < -0.39 is 5.91 Å². The smallest absolute Gasteiger partial charge is 0.276 e. The fourth-order valence-electron chi connectivity index (χ4n) is 4.99. The van der Waals surface area contributed by atoms with Crippen LogP contribution in [0.15, 0.2) is 42.5 Å². The maximum absolute atomic E-state index is 14.3. The third-order valence-electron chi connectivity index (χ3n) is 7.02. The third-order valence-corrected chi connectivity index (χ3v) is 7.35. The maximum Gasteiger partial charge on any atom is 0.276 e. The highest BCUT2D eigenvalue weighted by atomic mass is 35.5. The van der Waals surface area contributed by atoms with Gasteiger partial charge in [0.15, 0.2) is 11.5 Å². The van der Waals surface area contributed by atoms with Gasteiger partial charge in [-0.05, 0) is 80.3 Å². The van der Waals surface area contributed by atoms with Crippen LogP contribution in [0.2, 0.25) is 5.02 Å². The highest BCUT2D eigenvalue weighted by molar-refractivity contribution is 6.31. The molecule has 192 valence electrons. The molecule has 1 fully saturated rings. The van der Waals surface area contributed by atoms with Gasteiger partial charge >= 0.3 is 0 Å². The van der Waals surface area contributed by atoms with Crippen molar-refractivity contribution < 1.29 is 14.0 Å². The lowest BCUT2D eigenvalue weighted by molar-refractivity contribution is 0.0792. The summed E-state index contributed by atoms with van der Waals surface area (Å²) in [5, 5.41) is 14.9. The lowest BCUT2D eigenvalue weighted by Gasteiger charge is -2.37. The number of halogens is 2. The minimum atomic E-state index is -0.424. The SMILES string of the molecule is Cc1c(F)ccc(Cl)c1C(C)N1CCNc2nnc(C(=O)Nc3ccc(C(=O)N4CCCC4)cc3)cc21. The van der Waals surface area contributed by atoms with Gasteiger partial charge in [-0.3, -0.25) is 9.59 Å². The van der Waals surface area contributed by atoms with Crippen LogP contribution in [0.3, 0.4) is 0 Å². The first-order valence-corrected chi connectivity index (χ1v) is 12.7. The van der Waals surface area contributed by atoms with Crippen LogP contribution in [0, 0.1) is 12.7 Å². The number of benzene rings is 2. The van der Waals surface area contributed by atoms with Crippen LogP contribution in [-0.2, 0) is 0 Å². The molecule has 0 bridgehead atoms. The van der Waals surface area contributed by atoms with Gasteiger partial charge in [0.2, 0.25) is 0 Å². The van der Waals surface area contributed by atoms with E-state index in [9.17, 15) is 14.0 Å². The number of anilines is 3. The molecular weight excluding hydrogens is 495 g/mol. The van der Waals surface area contributed by atoms with Crippen LogP contribution in [-0.4, -0.2) is 53.1 Å². The number of amides is 2. The van der Waals surface area contributed by atoms with Gasteiger partial charge in [0.25, 0.3) is 11.8 Å². The van der Waals surface area contributed by atoms with Gasteiger partial charge in [-0.2, -0.15) is 0 Å². The molecule has 2 N–H and O–H groups in total. The molecule has 1 atom stereocenters. The van der Waals surface area contributed by atoms with E-state index in [0.29, 0.717) is 52.0 Å². The zero-order valence-corrected chi connectivity index (χ0v) is 21.5. The van der Waals surface area contributed by atoms with Crippen LogP contribution in [0.5, 0.6) is 0 Å². The summed E-state index contributed by atoms with van der Waals surface area (Å²) >= 11 is 6.46. The minimum Gasteiger partial charge on any atom is -0.365 e. The monoisotopic (exact) mass is 522 g/mol. The first-order valence-electron chi connectivity index (χ1n) is 12.4. The Labute approximate surface area is 219 Å². The van der Waals surface area contributed by atoms with Crippen LogP contribution >= 0.6 is 11.6 Å². The Hall–Kier alpha value is -3.72. The third kappa shape index (κ3) is 4.96. The Morgan fingerprint density at radius 3 is 2.54 bits per heavy atom. The Morgan fingerprint density at radius 1 is 1.08 bits per heavy atom. The topological polar surface area (TPSA) is 90.5 Å². The van der Waals surface area contributed by atoms with E-state index in [4.69, 9.17) is 11.6 Å². The Kier molecular flexibility index (Phi) is 6.97. The molecule has 0 spiro atoms. The molecule has 1 unspecified atom stereocenters. The summed E-state index contributed by atoms with van der Waals surface area (Å²) in [5.41, 5.74) is 3.15. The minimum absolute atomic E-state index is 0.00581. The number of carbonyl (C=O) groups excluding carboxylic acids is 2. The molecule has 2 aliphatic heterocycles. The Balaban J connectivity index is 1.35. The number of nitrogens with one attached hydrogen (secondary N) is 2. The molecule has 0 saturated carbocycles. The molecule has 1 saturated heterocycles. The van der Waals surface area contributed by atoms with E-state index in [1.807, 2.05) is 16.7 Å². The van der Waals surface area contributed by atoms with Crippen molar-refractivity contribution in [1.82, 2.24) is 15.1 Å². The zero-order chi connectivity index (χ0) is 26.1. The number of carbonyl (C=O) groups is 2. The van der Waals surface area contributed by atoms with Crippen molar-refractivity contribution in [2.24, 2.45) is 0 Å². The first kappa shape index (κ1) is 25.0. The summed E-state index contributed by atoms with van der Waals surface area (Å²) in [6.07, 6.45) is 2.06. The molecule has 2 aliphatic rings. The predicted molar refractivity (Wildman–Crippen MR) is 142 cm³/mol. The molecule has 0 radical (unpaired) electrons. The van der Waals surface area contributed by atoms with Crippen molar-refractivity contribution >= 4 is 40.6 Å². The largest absolute Gasteiger partial charge is 0.365 e. The van der Waals surface area contributed by atoms with Gasteiger partial charge < -0.3 is 20.4 Å². The number of rotatable bonds is 5. The van der Waals surface area contributed by atoms with Crippen LogP contribution in [0.1, 0.15) is 57.8 Å². The molecule has 8 nitrogen and oxygen atoms in total. The summed E-state index contributed by atoms with van der Waals surface area (Å²) in [6, 6.07) is 11.2. The Morgan fingerprint density at radius 2 is 1.81 bits per heavy atom. The maximum atomic E-state index is 14.3. The average molecular weight is 523 g/mol. The molecule has 5 rings (SSSR count). The van der Waals surface area contributed by atoms with Crippen molar-refractivity contribution in [3.8, 4) is 0 Å². The van der Waals surface area contributed by atoms with Crippen molar-refractivity contribution in [3.05, 3.63) is 75.7 Å². The van der Waals surface area contributed by atoms with Crippen molar-refractivity contribution in [2.75, 3.05) is 41.7 Å². The fourth-order valence-corrected chi connectivity index (χ4v) is 5.35. The molecule has 10 heteroatoms. The molecule has 37 heavy (non-hydrogen) atoms. The van der Waals surface area contributed by atoms with Gasteiger partial charge in [0.05, 0.1) is 11.7 Å². The van der Waals surface area contributed by atoms with Gasteiger partial charge in [0, 0.05) is 42.5 Å². The van der Waals surface area contributed by atoms with E-state index in [1.165, 1.54) is 6.07 Å². The number of hydrogen-bond donors (Lipinski definition) is 2. The van der Waals surface area contributed by atoms with E-state index in [2.05, 4.69) is 20.8 Å². The summed E-state index contributed by atoms with van der Waals surface area (Å²) in [5.74, 6) is -0.189. The van der Waals surface area contributed by atoms with Gasteiger partial charge in [-0.15, -0.1) is 10.2 Å². The summed E-state index contributed by atoms with van der Waals surface area (Å²) in [6.45, 7) is 6.46. The predicted octanol–water partition coefficient (Wildman–Crippen LogP) is 5.06. The number of aromatic nitrogens is 2. The van der Waals surface area contributed by atoms with E-state index in [1.54, 1.807) is 43.3 Å². The van der Waals surface area contributed by atoms with Crippen LogP contribution < -0.4 is 15.5 Å². The highest BCUT2D eigenvalue weighted by Crippen LogP contribution is 2.38. The number of likely N-dealkylation sites (tertiary alicyclic amines) is 1. The molecule has 1 aromatic heterocycles. The fraction of sp³-hybridized carbons (Fsp3) is 0.333. The highest BCUT2D eigenvalue weighted by Gasteiger charge is 2.28. The lowest BCUT2D eigenvalue weighted by atomic mass is 9.99. The normalized spacial score (nSPS) is 15.7. The van der Waals surface area contributed by atoms with E-state index >= 15 is 0 Å². The molecule has 3 aromatic rings. The van der Waals surface area contributed by atoms with Crippen molar-refractivity contribution in [1.29, 1.82) is 0 Å². The van der Waals surface area contributed by atoms with Crippen molar-refractivity contribution in [2.45, 2.75) is 32.7 Å². The van der Waals surface area contributed by atoms with E-state index in [-0.39, 0.29) is 23.5 Å². The van der Waals surface area contributed by atoms with Crippen LogP contribution in [0.25, 0.3) is 0 Å². The van der Waals surface area contributed by atoms with Gasteiger partial charge in [0.1, 0.15) is 5.82 Å². The van der Waals surface area contributed by atoms with Gasteiger partial charge in [-0.25, -0.2) is 4.39 Å². The molecular formula is C27H28ClFN6O2. The lowest BCUT2D eigenvalue weighted by Crippen LogP contribution is -2.37. The van der Waals surface area contributed by atoms with E-state index in [0.717, 1.165) is 25.9 Å². The Bertz CT molecular complexity index is 1340. The average Bonchev–Trinajstić information content (AvgIpc) is 3.45. The quantitative estimate of drug-likeness (QED) is 0.487. The zero-order valence-electron chi connectivity index (χ0n) is 20.7. The molecule has 2 amide bonds. The first-order chi connectivity index (χ1) is 17.8. The molecule has 3 heterocycles. The molecule has 2 aromatic carbocycles. The second-order valence-electron chi connectivity index (χ2n) is 9.36. The van der Waals surface area contributed by atoms with Gasteiger partial charge in [-0.1, -0.05) is 11.6 Å². The molecule has 0 aliphatic carbocycles. The summed E-state index contributed by atoms with van der Waals surface area (Å²) in [4.78, 5) is 29.5. The second-order valence-corrected chi connectivity index (χ2v) is 9.77.